The van der Waals surface area contributed by atoms with Gasteiger partial charge in [-0.15, -0.1) is 0 Å². The lowest BCUT2D eigenvalue weighted by Gasteiger charge is -2.40. The summed E-state index contributed by atoms with van der Waals surface area (Å²) in [7, 11) is 0. The normalized spacial score (nSPS) is 21.8. The maximum Gasteiger partial charge on any atom is 0.408 e. The van der Waals surface area contributed by atoms with Crippen LogP contribution in [0.3, 0.4) is 0 Å². The minimum Gasteiger partial charge on any atom is -0.377 e. The first-order valence-corrected chi connectivity index (χ1v) is 10.2. The number of nitrogens with zero attached hydrogens (tertiary/aromatic N) is 4. The molecule has 2 atom stereocenters. The topological polar surface area (TPSA) is 104 Å². The molecule has 3 heterocycles. The Bertz CT molecular complexity index is 901. The van der Waals surface area contributed by atoms with Gasteiger partial charge >= 0.3 is 6.18 Å². The van der Waals surface area contributed by atoms with Gasteiger partial charge in [0.05, 0.1) is 25.8 Å². The number of anilines is 2. The lowest BCUT2D eigenvalue weighted by atomic mass is 10.1. The predicted octanol–water partition coefficient (Wildman–Crippen LogP) is 1.36. The Balaban J connectivity index is 1.99. The summed E-state index contributed by atoms with van der Waals surface area (Å²) in [5.74, 6) is -1.16. The van der Waals surface area contributed by atoms with E-state index < -0.39 is 36.1 Å². The maximum absolute atomic E-state index is 13.8. The Labute approximate surface area is 177 Å². The minimum absolute atomic E-state index is 0.0946. The fourth-order valence-corrected chi connectivity index (χ4v) is 3.70. The van der Waals surface area contributed by atoms with Gasteiger partial charge in [-0.25, -0.2) is 0 Å². The number of alkyl halides is 3. The molecule has 2 aliphatic heterocycles. The fraction of sp³-hybridized carbons (Fsp3) is 0.684. The molecule has 0 saturated carbocycles. The number of hydrogen-bond acceptors (Lipinski definition) is 7. The molecule has 2 N–H and O–H groups in total. The van der Waals surface area contributed by atoms with Gasteiger partial charge in [0.25, 0.3) is 5.56 Å². The molecule has 3 rings (SSSR count). The lowest BCUT2D eigenvalue weighted by molar-refractivity contribution is -0.152. The van der Waals surface area contributed by atoms with Crippen LogP contribution in [0.4, 0.5) is 24.9 Å². The van der Waals surface area contributed by atoms with Gasteiger partial charge in [0.15, 0.2) is 0 Å². The summed E-state index contributed by atoms with van der Waals surface area (Å²) in [6.07, 6.45) is -4.94. The van der Waals surface area contributed by atoms with Crippen molar-refractivity contribution in [2.75, 3.05) is 36.1 Å². The molecule has 1 aromatic rings. The zero-order valence-electron chi connectivity index (χ0n) is 17.7. The molecule has 1 aromatic heterocycles. The second-order valence-electron chi connectivity index (χ2n) is 8.12. The van der Waals surface area contributed by atoms with Crippen molar-refractivity contribution >= 4 is 23.5 Å². The molecule has 31 heavy (non-hydrogen) atoms. The van der Waals surface area contributed by atoms with Crippen LogP contribution in [0.1, 0.15) is 27.2 Å². The quantitative estimate of drug-likeness (QED) is 0.537. The first-order chi connectivity index (χ1) is 14.5. The molecule has 1 fully saturated rings. The van der Waals surface area contributed by atoms with Crippen molar-refractivity contribution in [1.82, 2.24) is 14.9 Å². The van der Waals surface area contributed by atoms with Crippen LogP contribution in [0.5, 0.6) is 0 Å². The number of nitrogens with one attached hydrogen (secondary N) is 2. The minimum atomic E-state index is -4.59. The number of carbonyl (C=O) groups excluding carboxylic acids is 1. The molecule has 172 valence electrons. The third-order valence-corrected chi connectivity index (χ3v) is 5.40. The fourth-order valence-electron chi connectivity index (χ4n) is 3.70. The summed E-state index contributed by atoms with van der Waals surface area (Å²) >= 11 is 0. The predicted molar refractivity (Wildman–Crippen MR) is 109 cm³/mol. The van der Waals surface area contributed by atoms with E-state index in [1.54, 1.807) is 13.8 Å². The molecule has 1 amide bonds. The van der Waals surface area contributed by atoms with Gasteiger partial charge < -0.3 is 19.9 Å². The van der Waals surface area contributed by atoms with Crippen molar-refractivity contribution < 1.29 is 22.7 Å². The summed E-state index contributed by atoms with van der Waals surface area (Å²) in [6.45, 7) is 5.75. The molecule has 0 unspecified atom stereocenters. The maximum atomic E-state index is 13.8. The lowest BCUT2D eigenvalue weighted by Crippen LogP contribution is -2.56. The summed E-state index contributed by atoms with van der Waals surface area (Å²) in [6, 6.07) is -0.695. The molecule has 2 aliphatic rings. The number of amides is 1. The van der Waals surface area contributed by atoms with E-state index >= 15 is 0 Å². The standard InChI is InChI=1S/C19H27F3N6O3/c1-11(2)17(30)24-14(23)9-28-13(19(20,21)22)4-5-27-16(29)8-15(25-18(27)28)26-6-7-31-10-12(26)3/h8,11-13H,4-7,9-10H2,1-3H3,(H2,23,24,30)/t12-,13+/m1/s1. The number of morpholine rings is 1. The highest BCUT2D eigenvalue weighted by molar-refractivity contribution is 5.99. The van der Waals surface area contributed by atoms with Crippen LogP contribution in [-0.4, -0.2) is 65.9 Å². The highest BCUT2D eigenvalue weighted by atomic mass is 19.4. The highest BCUT2D eigenvalue weighted by Gasteiger charge is 2.47. The average molecular weight is 444 g/mol. The van der Waals surface area contributed by atoms with Crippen LogP contribution in [0.25, 0.3) is 0 Å². The average Bonchev–Trinajstić information content (AvgIpc) is 2.67. The molecule has 12 heteroatoms. The van der Waals surface area contributed by atoms with Crippen LogP contribution in [0, 0.1) is 11.3 Å². The molecule has 0 spiro atoms. The number of hydrogen-bond donors (Lipinski definition) is 2. The van der Waals surface area contributed by atoms with E-state index in [9.17, 15) is 22.8 Å². The molecule has 1 saturated heterocycles. The van der Waals surface area contributed by atoms with Crippen LogP contribution in [0.15, 0.2) is 10.9 Å². The van der Waals surface area contributed by atoms with Gasteiger partial charge in [-0.1, -0.05) is 13.8 Å². The van der Waals surface area contributed by atoms with Crippen LogP contribution < -0.4 is 20.7 Å². The second-order valence-corrected chi connectivity index (χ2v) is 8.12. The van der Waals surface area contributed by atoms with E-state index in [0.717, 1.165) is 4.90 Å². The monoisotopic (exact) mass is 444 g/mol. The van der Waals surface area contributed by atoms with E-state index in [2.05, 4.69) is 10.3 Å². The van der Waals surface area contributed by atoms with E-state index in [4.69, 9.17) is 10.1 Å². The second kappa shape index (κ2) is 8.85. The molecular formula is C19H27F3N6O3. The Kier molecular flexibility index (Phi) is 6.58. The van der Waals surface area contributed by atoms with Gasteiger partial charge in [-0.05, 0) is 13.3 Å². The molecule has 0 radical (unpaired) electrons. The Hall–Kier alpha value is -2.63. The number of aromatic nitrogens is 2. The van der Waals surface area contributed by atoms with Crippen molar-refractivity contribution in [3.8, 4) is 0 Å². The van der Waals surface area contributed by atoms with Crippen LogP contribution >= 0.6 is 0 Å². The highest BCUT2D eigenvalue weighted by Crippen LogP contribution is 2.34. The molecule has 9 nitrogen and oxygen atoms in total. The number of ether oxygens (including phenoxy) is 1. The number of rotatable bonds is 4. The Morgan fingerprint density at radius 2 is 2.10 bits per heavy atom. The largest absolute Gasteiger partial charge is 0.408 e. The van der Waals surface area contributed by atoms with E-state index in [1.807, 2.05) is 11.8 Å². The zero-order valence-corrected chi connectivity index (χ0v) is 17.7. The van der Waals surface area contributed by atoms with Crippen LogP contribution in [-0.2, 0) is 16.1 Å². The zero-order chi connectivity index (χ0) is 22.9. The number of carbonyl (C=O) groups is 1. The van der Waals surface area contributed by atoms with E-state index in [0.29, 0.717) is 19.8 Å². The Morgan fingerprint density at radius 1 is 1.39 bits per heavy atom. The van der Waals surface area contributed by atoms with Crippen molar-refractivity contribution in [1.29, 1.82) is 5.41 Å². The number of fused-ring (bicyclic) bond motifs is 1. The molecular weight excluding hydrogens is 417 g/mol. The smallest absolute Gasteiger partial charge is 0.377 e. The summed E-state index contributed by atoms with van der Waals surface area (Å²) in [4.78, 5) is 31.7. The van der Waals surface area contributed by atoms with Crippen molar-refractivity contribution in [3.05, 3.63) is 16.4 Å². The van der Waals surface area contributed by atoms with Crippen molar-refractivity contribution in [2.45, 2.75) is 52.0 Å². The van der Waals surface area contributed by atoms with Gasteiger partial charge in [0, 0.05) is 25.1 Å². The SMILES string of the molecule is CC(C)C(=O)NC(=N)CN1c2nc(N3CCOC[C@H]3C)cc(=O)n2CC[C@H]1C(F)(F)F. The first kappa shape index (κ1) is 23.0. The van der Waals surface area contributed by atoms with Crippen molar-refractivity contribution in [3.63, 3.8) is 0 Å². The molecule has 0 aliphatic carbocycles. The van der Waals surface area contributed by atoms with E-state index in [-0.39, 0.29) is 36.6 Å². The summed E-state index contributed by atoms with van der Waals surface area (Å²) < 4.78 is 48.0. The van der Waals surface area contributed by atoms with Gasteiger partial charge in [0.2, 0.25) is 11.9 Å². The third kappa shape index (κ3) is 5.00. The van der Waals surface area contributed by atoms with Gasteiger partial charge in [0.1, 0.15) is 17.7 Å². The van der Waals surface area contributed by atoms with Crippen LogP contribution in [0.2, 0.25) is 0 Å². The van der Waals surface area contributed by atoms with Gasteiger partial charge in [-0.3, -0.25) is 19.6 Å². The van der Waals surface area contributed by atoms with Gasteiger partial charge in [-0.2, -0.15) is 18.2 Å². The van der Waals surface area contributed by atoms with Crippen molar-refractivity contribution in [2.24, 2.45) is 5.92 Å². The number of amidine groups is 1. The summed E-state index contributed by atoms with van der Waals surface area (Å²) in [5, 5.41) is 10.4. The molecule has 0 aromatic carbocycles. The van der Waals surface area contributed by atoms with E-state index in [1.165, 1.54) is 10.6 Å². The Morgan fingerprint density at radius 3 is 2.71 bits per heavy atom. The number of halogens is 3. The molecule has 0 bridgehead atoms. The summed E-state index contributed by atoms with van der Waals surface area (Å²) in [5.41, 5.74) is -0.456. The first-order valence-electron chi connectivity index (χ1n) is 10.2. The third-order valence-electron chi connectivity index (χ3n) is 5.40.